The normalized spacial score (nSPS) is 10.8. The molecule has 0 aromatic carbocycles. The Hall–Kier alpha value is -1.78. The lowest BCUT2D eigenvalue weighted by molar-refractivity contribution is 0.0456. The summed E-state index contributed by atoms with van der Waals surface area (Å²) in [5.41, 5.74) is 0. The smallest absolute Gasteiger partial charge is 0.374 e. The molecule has 1 aromatic rings. The molecule has 0 fully saturated rings. The highest BCUT2D eigenvalue weighted by atomic mass is 16.5. The van der Waals surface area contributed by atoms with E-state index >= 15 is 0 Å². The van der Waals surface area contributed by atoms with Crippen molar-refractivity contribution in [3.05, 3.63) is 23.7 Å². The number of rotatable bonds is 9. The number of hydrogen-bond acceptors (Lipinski definition) is 4. The summed E-state index contributed by atoms with van der Waals surface area (Å²) in [6.45, 7) is 4.75. The molecule has 0 radical (unpaired) electrons. The van der Waals surface area contributed by atoms with Crippen molar-refractivity contribution >= 4 is 11.9 Å². The van der Waals surface area contributed by atoms with Crippen LogP contribution in [0.5, 0.6) is 0 Å². The summed E-state index contributed by atoms with van der Waals surface area (Å²) in [6, 6.07) is 2.55. The molecule has 1 aromatic heterocycles. The van der Waals surface area contributed by atoms with Gasteiger partial charge in [0.05, 0.1) is 6.61 Å². The van der Waals surface area contributed by atoms with Crippen LogP contribution in [-0.2, 0) is 4.74 Å². The summed E-state index contributed by atoms with van der Waals surface area (Å²) >= 11 is 0. The SMILES string of the molecule is CC(C)CCCCCCOC(=O)c1ccc(C(=O)O)o1. The average molecular weight is 282 g/mol. The van der Waals surface area contributed by atoms with E-state index in [2.05, 4.69) is 13.8 Å². The zero-order chi connectivity index (χ0) is 15.0. The standard InChI is InChI=1S/C15H22O5/c1-11(2)7-5-3-4-6-10-19-15(18)13-9-8-12(20-13)14(16)17/h8-9,11H,3-7,10H2,1-2H3,(H,16,17). The van der Waals surface area contributed by atoms with Gasteiger partial charge in [0.2, 0.25) is 11.5 Å². The summed E-state index contributed by atoms with van der Waals surface area (Å²) in [5.74, 6) is -1.41. The Morgan fingerprint density at radius 1 is 1.15 bits per heavy atom. The molecule has 5 heteroatoms. The summed E-state index contributed by atoms with van der Waals surface area (Å²) in [6.07, 6.45) is 5.41. The van der Waals surface area contributed by atoms with Gasteiger partial charge >= 0.3 is 11.9 Å². The van der Waals surface area contributed by atoms with E-state index in [1.165, 1.54) is 25.0 Å². The van der Waals surface area contributed by atoms with Crippen LogP contribution in [0.2, 0.25) is 0 Å². The predicted molar refractivity (Wildman–Crippen MR) is 73.9 cm³/mol. The topological polar surface area (TPSA) is 76.7 Å². The van der Waals surface area contributed by atoms with Crippen molar-refractivity contribution in [2.75, 3.05) is 6.61 Å². The summed E-state index contributed by atoms with van der Waals surface area (Å²) in [5, 5.41) is 8.67. The third-order valence-electron chi connectivity index (χ3n) is 2.93. The fourth-order valence-corrected chi connectivity index (χ4v) is 1.81. The first-order chi connectivity index (χ1) is 9.50. The highest BCUT2D eigenvalue weighted by molar-refractivity contribution is 5.89. The van der Waals surface area contributed by atoms with Crippen molar-refractivity contribution in [1.82, 2.24) is 0 Å². The monoisotopic (exact) mass is 282 g/mol. The van der Waals surface area contributed by atoms with E-state index in [0.717, 1.165) is 25.2 Å². The molecule has 1 N–H and O–H groups in total. The lowest BCUT2D eigenvalue weighted by Gasteiger charge is -2.05. The van der Waals surface area contributed by atoms with Gasteiger partial charge in [0.15, 0.2) is 0 Å². The molecule has 20 heavy (non-hydrogen) atoms. The Morgan fingerprint density at radius 2 is 1.80 bits per heavy atom. The maximum atomic E-state index is 11.5. The molecule has 0 saturated carbocycles. The lowest BCUT2D eigenvalue weighted by atomic mass is 10.0. The van der Waals surface area contributed by atoms with E-state index in [-0.39, 0.29) is 11.5 Å². The number of carboxylic acids is 1. The Morgan fingerprint density at radius 3 is 2.40 bits per heavy atom. The van der Waals surface area contributed by atoms with Crippen LogP contribution in [-0.4, -0.2) is 23.7 Å². The molecule has 0 spiro atoms. The molecule has 0 aliphatic heterocycles. The Kier molecular flexibility index (Phi) is 6.84. The Bertz CT molecular complexity index is 433. The van der Waals surface area contributed by atoms with Crippen LogP contribution < -0.4 is 0 Å². The van der Waals surface area contributed by atoms with Gasteiger partial charge < -0.3 is 14.3 Å². The lowest BCUT2D eigenvalue weighted by Crippen LogP contribution is -2.05. The molecule has 0 atom stereocenters. The number of carboxylic acid groups (broad SMARTS) is 1. The van der Waals surface area contributed by atoms with Gasteiger partial charge in [0.1, 0.15) is 0 Å². The first-order valence-electron chi connectivity index (χ1n) is 7.01. The Balaban J connectivity index is 2.15. The zero-order valence-electron chi connectivity index (χ0n) is 12.1. The van der Waals surface area contributed by atoms with E-state index in [0.29, 0.717) is 6.61 Å². The van der Waals surface area contributed by atoms with Crippen LogP contribution in [0, 0.1) is 5.92 Å². The second kappa shape index (κ2) is 8.40. The van der Waals surface area contributed by atoms with Gasteiger partial charge in [-0.25, -0.2) is 9.59 Å². The van der Waals surface area contributed by atoms with E-state index in [4.69, 9.17) is 14.3 Å². The molecule has 1 rings (SSSR count). The molecule has 0 saturated heterocycles. The second-order valence-corrected chi connectivity index (χ2v) is 5.20. The number of furan rings is 1. The average Bonchev–Trinajstić information content (AvgIpc) is 2.86. The molecule has 5 nitrogen and oxygen atoms in total. The predicted octanol–water partition coefficient (Wildman–Crippen LogP) is 3.74. The molecule has 0 bridgehead atoms. The second-order valence-electron chi connectivity index (χ2n) is 5.20. The van der Waals surface area contributed by atoms with Gasteiger partial charge in [-0.3, -0.25) is 0 Å². The van der Waals surface area contributed by atoms with Gasteiger partial charge in [-0.2, -0.15) is 0 Å². The summed E-state index contributed by atoms with van der Waals surface area (Å²) < 4.78 is 9.88. The van der Waals surface area contributed by atoms with Crippen LogP contribution >= 0.6 is 0 Å². The van der Waals surface area contributed by atoms with Gasteiger partial charge in [-0.1, -0.05) is 39.5 Å². The fourth-order valence-electron chi connectivity index (χ4n) is 1.81. The maximum Gasteiger partial charge on any atom is 0.374 e. The van der Waals surface area contributed by atoms with Crippen molar-refractivity contribution in [1.29, 1.82) is 0 Å². The highest BCUT2D eigenvalue weighted by Gasteiger charge is 2.15. The largest absolute Gasteiger partial charge is 0.475 e. The van der Waals surface area contributed by atoms with Gasteiger partial charge in [-0.15, -0.1) is 0 Å². The number of aromatic carboxylic acids is 1. The van der Waals surface area contributed by atoms with Crippen molar-refractivity contribution in [3.63, 3.8) is 0 Å². The summed E-state index contributed by atoms with van der Waals surface area (Å²) in [7, 11) is 0. The molecule has 0 unspecified atom stereocenters. The minimum atomic E-state index is -1.20. The Labute approximate surface area is 118 Å². The molecule has 0 aliphatic rings. The number of carbonyl (C=O) groups is 2. The third kappa shape index (κ3) is 5.91. The van der Waals surface area contributed by atoms with Crippen LogP contribution in [0.4, 0.5) is 0 Å². The van der Waals surface area contributed by atoms with Crippen LogP contribution in [0.25, 0.3) is 0 Å². The first-order valence-corrected chi connectivity index (χ1v) is 7.01. The number of carbonyl (C=O) groups excluding carboxylic acids is 1. The minimum absolute atomic E-state index is 0.0674. The molecule has 0 aliphatic carbocycles. The molecule has 0 amide bonds. The molecular formula is C15H22O5. The van der Waals surface area contributed by atoms with Crippen molar-refractivity contribution in [2.45, 2.75) is 46.0 Å². The van der Waals surface area contributed by atoms with Crippen LogP contribution in [0.15, 0.2) is 16.5 Å². The quantitative estimate of drug-likeness (QED) is 0.551. The van der Waals surface area contributed by atoms with Crippen molar-refractivity contribution in [2.24, 2.45) is 5.92 Å². The zero-order valence-corrected chi connectivity index (χ0v) is 12.1. The highest BCUT2D eigenvalue weighted by Crippen LogP contribution is 2.11. The number of unbranched alkanes of at least 4 members (excludes halogenated alkanes) is 3. The number of ether oxygens (including phenoxy) is 1. The van der Waals surface area contributed by atoms with E-state index < -0.39 is 11.9 Å². The van der Waals surface area contributed by atoms with E-state index in [9.17, 15) is 9.59 Å². The van der Waals surface area contributed by atoms with Gasteiger partial charge in [-0.05, 0) is 24.5 Å². The van der Waals surface area contributed by atoms with Gasteiger partial charge in [0.25, 0.3) is 0 Å². The summed E-state index contributed by atoms with van der Waals surface area (Å²) in [4.78, 5) is 22.1. The first kappa shape index (κ1) is 16.3. The maximum absolute atomic E-state index is 11.5. The van der Waals surface area contributed by atoms with Crippen molar-refractivity contribution in [3.8, 4) is 0 Å². The van der Waals surface area contributed by atoms with E-state index in [1.807, 2.05) is 0 Å². The van der Waals surface area contributed by atoms with Crippen LogP contribution in [0.3, 0.4) is 0 Å². The fraction of sp³-hybridized carbons (Fsp3) is 0.600. The third-order valence-corrected chi connectivity index (χ3v) is 2.93. The van der Waals surface area contributed by atoms with E-state index in [1.54, 1.807) is 0 Å². The number of hydrogen-bond donors (Lipinski definition) is 1. The van der Waals surface area contributed by atoms with Crippen LogP contribution in [0.1, 0.15) is 67.1 Å². The molecule has 112 valence electrons. The molecule has 1 heterocycles. The molecular weight excluding hydrogens is 260 g/mol. The van der Waals surface area contributed by atoms with Gasteiger partial charge in [0, 0.05) is 0 Å². The minimum Gasteiger partial charge on any atom is -0.475 e. The number of esters is 1. The van der Waals surface area contributed by atoms with Crippen molar-refractivity contribution < 1.29 is 23.8 Å².